The number of nitrogens with zero attached hydrogens (tertiary/aromatic N) is 1. The molecule has 0 radical (unpaired) electrons. The van der Waals surface area contributed by atoms with E-state index in [2.05, 4.69) is 16.4 Å². The Morgan fingerprint density at radius 2 is 1.86 bits per heavy atom. The number of nitrogens with one attached hydrogen (secondary N) is 1. The fourth-order valence-corrected chi connectivity index (χ4v) is 2.67. The summed E-state index contributed by atoms with van der Waals surface area (Å²) in [6, 6.07) is 9.04. The first-order valence-corrected chi connectivity index (χ1v) is 7.26. The summed E-state index contributed by atoms with van der Waals surface area (Å²) >= 11 is 0. The molecule has 4 nitrogen and oxygen atoms in total. The van der Waals surface area contributed by atoms with E-state index in [1.807, 2.05) is 18.3 Å². The number of rotatable bonds is 4. The third kappa shape index (κ3) is 3.21. The second-order valence-corrected chi connectivity index (χ2v) is 5.40. The molecule has 2 aromatic rings. The highest BCUT2D eigenvalue weighted by molar-refractivity contribution is 5.87. The molecule has 0 aliphatic heterocycles. The van der Waals surface area contributed by atoms with Crippen LogP contribution in [0.3, 0.4) is 0 Å². The van der Waals surface area contributed by atoms with Crippen molar-refractivity contribution in [3.63, 3.8) is 0 Å². The van der Waals surface area contributed by atoms with E-state index in [1.54, 1.807) is 12.1 Å². The zero-order valence-corrected chi connectivity index (χ0v) is 11.8. The van der Waals surface area contributed by atoms with Crippen LogP contribution in [0, 0.1) is 0 Å². The molecule has 0 amide bonds. The molecular weight excluding hydrogens is 264 g/mol. The first kappa shape index (κ1) is 13.6. The number of anilines is 1. The number of aryl methyl sites for hydroxylation is 2. The Morgan fingerprint density at radius 1 is 1.14 bits per heavy atom. The molecule has 0 saturated heterocycles. The molecule has 1 aliphatic rings. The van der Waals surface area contributed by atoms with Crippen molar-refractivity contribution in [2.45, 2.75) is 32.2 Å². The molecule has 0 spiro atoms. The lowest BCUT2D eigenvalue weighted by Crippen LogP contribution is -2.07. The molecule has 0 unspecified atom stereocenters. The number of aromatic carboxylic acids is 1. The van der Waals surface area contributed by atoms with Crippen LogP contribution in [-0.2, 0) is 19.4 Å². The maximum absolute atomic E-state index is 10.8. The van der Waals surface area contributed by atoms with Gasteiger partial charge in [0, 0.05) is 12.7 Å². The van der Waals surface area contributed by atoms with E-state index in [0.29, 0.717) is 12.1 Å². The van der Waals surface area contributed by atoms with Crippen molar-refractivity contribution >= 4 is 11.8 Å². The second-order valence-electron chi connectivity index (χ2n) is 5.40. The van der Waals surface area contributed by atoms with Gasteiger partial charge >= 0.3 is 5.97 Å². The quantitative estimate of drug-likeness (QED) is 0.903. The van der Waals surface area contributed by atoms with Gasteiger partial charge in [-0.2, -0.15) is 0 Å². The van der Waals surface area contributed by atoms with Crippen LogP contribution in [-0.4, -0.2) is 16.1 Å². The van der Waals surface area contributed by atoms with Crippen LogP contribution in [0.4, 0.5) is 5.82 Å². The Morgan fingerprint density at radius 3 is 2.57 bits per heavy atom. The normalized spacial score (nSPS) is 13.5. The monoisotopic (exact) mass is 282 g/mol. The molecule has 3 rings (SSSR count). The van der Waals surface area contributed by atoms with Gasteiger partial charge in [0.2, 0.25) is 0 Å². The van der Waals surface area contributed by atoms with E-state index in [1.165, 1.54) is 24.0 Å². The van der Waals surface area contributed by atoms with Crippen LogP contribution in [0.1, 0.15) is 39.9 Å². The number of pyridine rings is 1. The number of benzene rings is 1. The van der Waals surface area contributed by atoms with Crippen LogP contribution in [0.25, 0.3) is 0 Å². The van der Waals surface area contributed by atoms with Gasteiger partial charge < -0.3 is 10.4 Å². The summed E-state index contributed by atoms with van der Waals surface area (Å²) in [5.41, 5.74) is 4.13. The molecular formula is C17H18N2O2. The fourth-order valence-electron chi connectivity index (χ4n) is 2.67. The maximum atomic E-state index is 10.8. The van der Waals surface area contributed by atoms with Crippen molar-refractivity contribution in [1.29, 1.82) is 0 Å². The van der Waals surface area contributed by atoms with E-state index in [4.69, 9.17) is 5.11 Å². The summed E-state index contributed by atoms with van der Waals surface area (Å²) in [6.45, 7) is 0.645. The average molecular weight is 282 g/mol. The van der Waals surface area contributed by atoms with Gasteiger partial charge in [-0.15, -0.1) is 0 Å². The van der Waals surface area contributed by atoms with Crippen LogP contribution in [0.5, 0.6) is 0 Å². The number of aromatic nitrogens is 1. The van der Waals surface area contributed by atoms with Gasteiger partial charge in [-0.3, -0.25) is 0 Å². The van der Waals surface area contributed by atoms with Gasteiger partial charge in [0.05, 0.1) is 5.56 Å². The number of carboxylic acids is 1. The molecule has 4 heteroatoms. The number of hydrogen-bond acceptors (Lipinski definition) is 3. The molecule has 1 aromatic heterocycles. The van der Waals surface area contributed by atoms with E-state index in [9.17, 15) is 4.79 Å². The molecule has 0 saturated carbocycles. The number of carboxylic acid groups (broad SMARTS) is 1. The third-order valence-electron chi connectivity index (χ3n) is 3.90. The lowest BCUT2D eigenvalue weighted by atomic mass is 9.93. The van der Waals surface area contributed by atoms with Crippen LogP contribution in [0.15, 0.2) is 36.5 Å². The fraction of sp³-hybridized carbons (Fsp3) is 0.294. The SMILES string of the molecule is O=C(O)c1ccc(CNc2cc3c(cn2)CCCC3)cc1. The van der Waals surface area contributed by atoms with Crippen molar-refractivity contribution in [3.05, 3.63) is 58.8 Å². The lowest BCUT2D eigenvalue weighted by Gasteiger charge is -2.16. The minimum Gasteiger partial charge on any atom is -0.478 e. The summed E-state index contributed by atoms with van der Waals surface area (Å²) < 4.78 is 0. The summed E-state index contributed by atoms with van der Waals surface area (Å²) in [7, 11) is 0. The molecule has 21 heavy (non-hydrogen) atoms. The standard InChI is InChI=1S/C17H18N2O2/c20-17(21)13-7-5-12(6-8-13)10-18-16-9-14-3-1-2-4-15(14)11-19-16/h5-9,11H,1-4,10H2,(H,18,19)(H,20,21). The van der Waals surface area contributed by atoms with E-state index in [0.717, 1.165) is 24.2 Å². The molecule has 0 atom stereocenters. The van der Waals surface area contributed by atoms with E-state index in [-0.39, 0.29) is 0 Å². The Balaban J connectivity index is 1.65. The van der Waals surface area contributed by atoms with Gasteiger partial charge in [0.15, 0.2) is 0 Å². The Hall–Kier alpha value is -2.36. The first-order valence-electron chi connectivity index (χ1n) is 7.26. The van der Waals surface area contributed by atoms with Crippen molar-refractivity contribution < 1.29 is 9.90 Å². The van der Waals surface area contributed by atoms with Gasteiger partial charge in [0.25, 0.3) is 0 Å². The van der Waals surface area contributed by atoms with Crippen molar-refractivity contribution in [1.82, 2.24) is 4.98 Å². The predicted octanol–water partition coefficient (Wildman–Crippen LogP) is 3.27. The topological polar surface area (TPSA) is 62.2 Å². The molecule has 0 fully saturated rings. The largest absolute Gasteiger partial charge is 0.478 e. The highest BCUT2D eigenvalue weighted by Crippen LogP contribution is 2.22. The van der Waals surface area contributed by atoms with Crippen molar-refractivity contribution in [2.24, 2.45) is 0 Å². The van der Waals surface area contributed by atoms with E-state index < -0.39 is 5.97 Å². The van der Waals surface area contributed by atoms with Crippen LogP contribution in [0.2, 0.25) is 0 Å². The molecule has 1 aromatic carbocycles. The van der Waals surface area contributed by atoms with Gasteiger partial charge in [0.1, 0.15) is 5.82 Å². The van der Waals surface area contributed by atoms with Gasteiger partial charge in [-0.1, -0.05) is 12.1 Å². The van der Waals surface area contributed by atoms with Gasteiger partial charge in [-0.05, 0) is 60.6 Å². The minimum atomic E-state index is -0.897. The van der Waals surface area contributed by atoms with E-state index >= 15 is 0 Å². The number of hydrogen-bond donors (Lipinski definition) is 2. The minimum absolute atomic E-state index is 0.311. The third-order valence-corrected chi connectivity index (χ3v) is 3.90. The zero-order chi connectivity index (χ0) is 14.7. The van der Waals surface area contributed by atoms with Crippen LogP contribution < -0.4 is 5.32 Å². The van der Waals surface area contributed by atoms with Gasteiger partial charge in [-0.25, -0.2) is 9.78 Å². The maximum Gasteiger partial charge on any atom is 0.335 e. The highest BCUT2D eigenvalue weighted by atomic mass is 16.4. The smallest absolute Gasteiger partial charge is 0.335 e. The zero-order valence-electron chi connectivity index (χ0n) is 11.8. The van der Waals surface area contributed by atoms with Crippen LogP contribution >= 0.6 is 0 Å². The average Bonchev–Trinajstić information content (AvgIpc) is 2.53. The predicted molar refractivity (Wildman–Crippen MR) is 81.6 cm³/mol. The Bertz CT molecular complexity index is 650. The highest BCUT2D eigenvalue weighted by Gasteiger charge is 2.10. The number of carbonyl (C=O) groups is 1. The molecule has 2 N–H and O–H groups in total. The second kappa shape index (κ2) is 5.95. The molecule has 0 bridgehead atoms. The summed E-state index contributed by atoms with van der Waals surface area (Å²) in [4.78, 5) is 15.3. The summed E-state index contributed by atoms with van der Waals surface area (Å²) in [5, 5.41) is 12.2. The Labute approximate surface area is 123 Å². The Kier molecular flexibility index (Phi) is 3.86. The first-order chi connectivity index (χ1) is 10.2. The van der Waals surface area contributed by atoms with Crippen molar-refractivity contribution in [2.75, 3.05) is 5.32 Å². The van der Waals surface area contributed by atoms with Crippen molar-refractivity contribution in [3.8, 4) is 0 Å². The molecule has 108 valence electrons. The molecule has 1 aliphatic carbocycles. The number of fused-ring (bicyclic) bond motifs is 1. The lowest BCUT2D eigenvalue weighted by molar-refractivity contribution is 0.0697. The molecule has 1 heterocycles. The summed E-state index contributed by atoms with van der Waals surface area (Å²) in [6.07, 6.45) is 6.77. The summed E-state index contributed by atoms with van der Waals surface area (Å²) in [5.74, 6) is -0.0103.